The second-order valence-electron chi connectivity index (χ2n) is 14.1. The van der Waals surface area contributed by atoms with Gasteiger partial charge in [0.05, 0.1) is 38.7 Å². The van der Waals surface area contributed by atoms with Gasteiger partial charge in [-0.1, -0.05) is 93.6 Å². The molecule has 2 fully saturated rings. The molecule has 5 aromatic rings. The number of nitrogens with zero attached hydrogens (tertiary/aromatic N) is 5. The van der Waals surface area contributed by atoms with E-state index >= 15 is 0 Å². The zero-order chi connectivity index (χ0) is 39.1. The molecule has 0 amide bonds. The fourth-order valence-corrected chi connectivity index (χ4v) is 11.4. The summed E-state index contributed by atoms with van der Waals surface area (Å²) in [6.45, 7) is 10.3. The molecular weight excluding hydrogens is 728 g/mol. The van der Waals surface area contributed by atoms with E-state index in [0.29, 0.717) is 38.9 Å². The Bertz CT molecular complexity index is 1940. The van der Waals surface area contributed by atoms with Crippen LogP contribution in [0.3, 0.4) is 0 Å². The molecule has 0 radical (unpaired) electrons. The van der Waals surface area contributed by atoms with Gasteiger partial charge in [-0.2, -0.15) is 13.2 Å². The first-order chi connectivity index (χ1) is 26.4. The zero-order valence-electron chi connectivity index (χ0n) is 31.3. The number of hydrogen-bond acceptors (Lipinski definition) is 11. The second kappa shape index (κ2) is 17.3. The van der Waals surface area contributed by atoms with E-state index in [2.05, 4.69) is 119 Å². The summed E-state index contributed by atoms with van der Waals surface area (Å²) in [5.41, 5.74) is 5.16. The van der Waals surface area contributed by atoms with Crippen molar-refractivity contribution in [2.75, 3.05) is 57.2 Å². The molecule has 290 valence electrons. The van der Waals surface area contributed by atoms with Gasteiger partial charge >= 0.3 is 6.18 Å². The van der Waals surface area contributed by atoms with E-state index in [1.54, 1.807) is 7.11 Å². The average molecular weight is 774 g/mol. The first-order valence-corrected chi connectivity index (χ1v) is 19.9. The summed E-state index contributed by atoms with van der Waals surface area (Å²) in [4.78, 5) is 17.1. The number of nitrogens with two attached hydrogens (primary N) is 1. The fraction of sp³-hybridized carbons (Fsp3) is 0.350. The Morgan fingerprint density at radius 3 is 2.09 bits per heavy atom. The van der Waals surface area contributed by atoms with Crippen LogP contribution in [0.4, 0.5) is 25.1 Å². The van der Waals surface area contributed by atoms with Crippen molar-refractivity contribution in [2.24, 2.45) is 0 Å². The van der Waals surface area contributed by atoms with E-state index in [0.717, 1.165) is 24.1 Å². The van der Waals surface area contributed by atoms with Crippen LogP contribution in [0.25, 0.3) is 11.3 Å². The summed E-state index contributed by atoms with van der Waals surface area (Å²) in [6.07, 6.45) is -2.37. The molecule has 0 bridgehead atoms. The van der Waals surface area contributed by atoms with Gasteiger partial charge in [-0.05, 0) is 39.2 Å². The molecule has 0 spiro atoms. The van der Waals surface area contributed by atoms with Crippen molar-refractivity contribution >= 4 is 30.6 Å². The minimum atomic E-state index is -4.66. The van der Waals surface area contributed by atoms with Crippen molar-refractivity contribution < 1.29 is 31.8 Å². The van der Waals surface area contributed by atoms with Gasteiger partial charge in [0.15, 0.2) is 5.69 Å². The molecule has 7 rings (SSSR count). The lowest BCUT2D eigenvalue weighted by molar-refractivity contribution is -0.140. The highest BCUT2D eigenvalue weighted by atomic mass is 28.4. The van der Waals surface area contributed by atoms with Crippen LogP contribution in [-0.2, 0) is 20.1 Å². The molecule has 0 aliphatic carbocycles. The van der Waals surface area contributed by atoms with Crippen molar-refractivity contribution in [3.8, 4) is 17.0 Å². The molecule has 2 aliphatic rings. The Hall–Kier alpha value is -4.93. The standard InChI is InChI=1S/C27H33NO3Si.C13H13F3N6O/c1-27(2,3)32(23-11-7-5-8-12-23,24-13-9-6-10-14-24)30-20-26-28-19-25(31-26)21-15-17-22(29-4)18-16-21;14-13(15,16)10-8(7-19-11(17)21-10)9-1-2-18-12(20-9)22-3-5-23-6-4-22/h5-18,25-26,28H,19-20H2,1-4H3;1-2,7H,3-6H2,(H2,17,19,21). The summed E-state index contributed by atoms with van der Waals surface area (Å²) in [6, 6.07) is 30.9. The van der Waals surface area contributed by atoms with E-state index in [9.17, 15) is 13.2 Å². The summed E-state index contributed by atoms with van der Waals surface area (Å²) < 4.78 is 63.3. The smallest absolute Gasteiger partial charge is 0.434 e. The summed E-state index contributed by atoms with van der Waals surface area (Å²) in [7, 11) is -0.886. The molecule has 11 nitrogen and oxygen atoms in total. The van der Waals surface area contributed by atoms with Gasteiger partial charge in [-0.3, -0.25) is 5.32 Å². The van der Waals surface area contributed by atoms with Gasteiger partial charge in [-0.25, -0.2) is 19.9 Å². The number of halogens is 3. The van der Waals surface area contributed by atoms with Crippen LogP contribution in [-0.4, -0.2) is 81.0 Å². The average Bonchev–Trinajstić information content (AvgIpc) is 3.68. The number of morpholine rings is 1. The van der Waals surface area contributed by atoms with Crippen molar-refractivity contribution in [1.29, 1.82) is 0 Å². The number of aromatic nitrogens is 4. The Morgan fingerprint density at radius 2 is 1.51 bits per heavy atom. The van der Waals surface area contributed by atoms with Crippen molar-refractivity contribution in [3.63, 3.8) is 0 Å². The monoisotopic (exact) mass is 773 g/mol. The maximum absolute atomic E-state index is 13.2. The van der Waals surface area contributed by atoms with Crippen LogP contribution in [0.2, 0.25) is 5.04 Å². The minimum absolute atomic E-state index is 0.00802. The number of benzene rings is 3. The van der Waals surface area contributed by atoms with E-state index in [-0.39, 0.29) is 28.6 Å². The quantitative estimate of drug-likeness (QED) is 0.181. The normalized spacial score (nSPS) is 17.7. The molecule has 2 aromatic heterocycles. The third-order valence-electron chi connectivity index (χ3n) is 9.50. The highest BCUT2D eigenvalue weighted by Gasteiger charge is 2.50. The summed E-state index contributed by atoms with van der Waals surface area (Å²) in [5, 5.41) is 6.01. The molecular formula is C40H46F3N7O4Si. The number of alkyl halides is 3. The van der Waals surface area contributed by atoms with Crippen LogP contribution in [0, 0.1) is 0 Å². The Balaban J connectivity index is 0.000000197. The predicted octanol–water partition coefficient (Wildman–Crippen LogP) is 5.63. The van der Waals surface area contributed by atoms with Gasteiger partial charge in [0, 0.05) is 37.6 Å². The van der Waals surface area contributed by atoms with Crippen LogP contribution in [0.5, 0.6) is 5.75 Å². The van der Waals surface area contributed by atoms with Crippen molar-refractivity contribution in [1.82, 2.24) is 25.3 Å². The minimum Gasteiger partial charge on any atom is -0.497 e. The van der Waals surface area contributed by atoms with Crippen molar-refractivity contribution in [2.45, 2.75) is 44.3 Å². The lowest BCUT2D eigenvalue weighted by Gasteiger charge is -2.43. The van der Waals surface area contributed by atoms with Gasteiger partial charge in [-0.15, -0.1) is 0 Å². The number of methoxy groups -OCH3 is 1. The first-order valence-electron chi connectivity index (χ1n) is 18.0. The third kappa shape index (κ3) is 9.31. The van der Waals surface area contributed by atoms with Gasteiger partial charge in [0.1, 0.15) is 12.0 Å². The molecule has 2 aliphatic heterocycles. The number of nitrogen functional groups attached to an aromatic ring is 1. The molecule has 55 heavy (non-hydrogen) atoms. The topological polar surface area (TPSA) is 130 Å². The molecule has 15 heteroatoms. The van der Waals surface area contributed by atoms with Crippen molar-refractivity contribution in [3.05, 3.63) is 115 Å². The summed E-state index contributed by atoms with van der Waals surface area (Å²) >= 11 is 0. The number of hydrogen-bond donors (Lipinski definition) is 2. The number of anilines is 2. The number of rotatable bonds is 9. The van der Waals surface area contributed by atoms with Crippen LogP contribution >= 0.6 is 0 Å². The van der Waals surface area contributed by atoms with E-state index in [1.807, 2.05) is 17.0 Å². The zero-order valence-corrected chi connectivity index (χ0v) is 32.3. The molecule has 4 heterocycles. The lowest BCUT2D eigenvalue weighted by atomic mass is 10.1. The molecule has 2 unspecified atom stereocenters. The lowest BCUT2D eigenvalue weighted by Crippen LogP contribution is -2.67. The van der Waals surface area contributed by atoms with Crippen LogP contribution < -0.4 is 31.1 Å². The molecule has 2 atom stereocenters. The SMILES string of the molecule is COc1ccc(C2CNC(CO[Si](c3ccccc3)(c3ccccc3)C(C)(C)C)O2)cc1.Nc1ncc(-c2ccnc(N3CCOCC3)n2)c(C(F)(F)F)n1. The number of ether oxygens (including phenoxy) is 3. The maximum Gasteiger partial charge on any atom is 0.434 e. The molecule has 3 N–H and O–H groups in total. The Morgan fingerprint density at radius 1 is 0.873 bits per heavy atom. The highest BCUT2D eigenvalue weighted by Crippen LogP contribution is 2.38. The van der Waals surface area contributed by atoms with Gasteiger partial charge in [0.2, 0.25) is 11.9 Å². The second-order valence-corrected chi connectivity index (χ2v) is 18.4. The number of nitrogens with one attached hydrogen (secondary N) is 1. The molecule has 0 saturated carbocycles. The van der Waals surface area contributed by atoms with E-state index in [1.165, 1.54) is 22.6 Å². The predicted molar refractivity (Wildman–Crippen MR) is 208 cm³/mol. The maximum atomic E-state index is 13.2. The third-order valence-corrected chi connectivity index (χ3v) is 14.5. The van der Waals surface area contributed by atoms with Crippen LogP contribution in [0.15, 0.2) is 103 Å². The largest absolute Gasteiger partial charge is 0.497 e. The van der Waals surface area contributed by atoms with Gasteiger partial charge in [0.25, 0.3) is 8.32 Å². The molecule has 2 saturated heterocycles. The van der Waals surface area contributed by atoms with E-state index in [4.69, 9.17) is 24.4 Å². The Labute approximate surface area is 320 Å². The highest BCUT2D eigenvalue weighted by molar-refractivity contribution is 6.99. The van der Waals surface area contributed by atoms with Gasteiger partial charge < -0.3 is 29.3 Å². The first kappa shape index (κ1) is 39.8. The molecule has 3 aromatic carbocycles. The van der Waals surface area contributed by atoms with E-state index < -0.39 is 26.1 Å². The Kier molecular flexibility index (Phi) is 12.5. The van der Waals surface area contributed by atoms with Crippen LogP contribution in [0.1, 0.15) is 38.1 Å². The fourth-order valence-electron chi connectivity index (χ4n) is 6.82. The summed E-state index contributed by atoms with van der Waals surface area (Å²) in [5.74, 6) is 0.755.